The molecular weight excluding hydrogens is 240 g/mol. The van der Waals surface area contributed by atoms with Crippen LogP contribution in [0, 0.1) is 0 Å². The number of aromatic amines is 1. The first kappa shape index (κ1) is 13.7. The second kappa shape index (κ2) is 6.48. The van der Waals surface area contributed by atoms with E-state index in [0.29, 0.717) is 19.8 Å². The molecule has 0 radical (unpaired) electrons. The maximum atomic E-state index is 5.66. The summed E-state index contributed by atoms with van der Waals surface area (Å²) in [6.45, 7) is 5.93. The lowest BCUT2D eigenvalue weighted by atomic mass is 10.1. The van der Waals surface area contributed by atoms with Crippen LogP contribution in [0.15, 0.2) is 18.3 Å². The molecule has 1 aromatic heterocycles. The normalized spacial score (nSPS) is 10.9. The fourth-order valence-corrected chi connectivity index (χ4v) is 2.22. The van der Waals surface area contributed by atoms with Crippen molar-refractivity contribution in [2.75, 3.05) is 19.8 Å². The van der Waals surface area contributed by atoms with Crippen LogP contribution >= 0.6 is 0 Å². The molecule has 104 valence electrons. The zero-order chi connectivity index (χ0) is 13.7. The van der Waals surface area contributed by atoms with E-state index in [9.17, 15) is 0 Å². The molecule has 0 amide bonds. The summed E-state index contributed by atoms with van der Waals surface area (Å²) < 4.78 is 11.3. The van der Waals surface area contributed by atoms with Gasteiger partial charge in [-0.25, -0.2) is 0 Å². The summed E-state index contributed by atoms with van der Waals surface area (Å²) >= 11 is 0. The maximum absolute atomic E-state index is 5.66. The Labute approximate surface area is 113 Å². The highest BCUT2D eigenvalue weighted by Crippen LogP contribution is 2.34. The van der Waals surface area contributed by atoms with E-state index in [1.807, 2.05) is 26.1 Å². The van der Waals surface area contributed by atoms with Crippen LogP contribution in [-0.4, -0.2) is 24.7 Å². The molecule has 0 unspecified atom stereocenters. The van der Waals surface area contributed by atoms with Gasteiger partial charge < -0.3 is 20.2 Å². The maximum Gasteiger partial charge on any atom is 0.163 e. The molecule has 4 nitrogen and oxygen atoms in total. The van der Waals surface area contributed by atoms with Gasteiger partial charge in [0.25, 0.3) is 0 Å². The molecule has 0 fully saturated rings. The number of H-pyrrole nitrogens is 1. The van der Waals surface area contributed by atoms with Crippen molar-refractivity contribution in [2.24, 2.45) is 5.73 Å². The lowest BCUT2D eigenvalue weighted by Gasteiger charge is -2.11. The Bertz CT molecular complexity index is 534. The minimum absolute atomic E-state index is 0.631. The van der Waals surface area contributed by atoms with E-state index < -0.39 is 0 Å². The second-order valence-electron chi connectivity index (χ2n) is 4.42. The van der Waals surface area contributed by atoms with Crippen molar-refractivity contribution < 1.29 is 9.47 Å². The topological polar surface area (TPSA) is 60.3 Å². The minimum Gasteiger partial charge on any atom is -0.490 e. The van der Waals surface area contributed by atoms with Crippen LogP contribution in [0.3, 0.4) is 0 Å². The van der Waals surface area contributed by atoms with Gasteiger partial charge in [-0.05, 0) is 44.9 Å². The number of ether oxygens (including phenoxy) is 2. The molecule has 4 heteroatoms. The summed E-state index contributed by atoms with van der Waals surface area (Å²) in [4.78, 5) is 3.29. The van der Waals surface area contributed by atoms with E-state index in [-0.39, 0.29) is 0 Å². The number of aromatic nitrogens is 1. The molecule has 2 rings (SSSR count). The Morgan fingerprint density at radius 1 is 1.11 bits per heavy atom. The zero-order valence-electron chi connectivity index (χ0n) is 11.7. The second-order valence-corrected chi connectivity index (χ2v) is 4.42. The summed E-state index contributed by atoms with van der Waals surface area (Å²) in [6.07, 6.45) is 4.02. The molecule has 1 aromatic carbocycles. The Kier molecular flexibility index (Phi) is 4.68. The van der Waals surface area contributed by atoms with Gasteiger partial charge in [0.1, 0.15) is 0 Å². The van der Waals surface area contributed by atoms with Gasteiger partial charge in [0.15, 0.2) is 11.5 Å². The van der Waals surface area contributed by atoms with Crippen molar-refractivity contribution in [1.82, 2.24) is 4.98 Å². The summed E-state index contributed by atoms with van der Waals surface area (Å²) in [7, 11) is 0. The molecule has 1 heterocycles. The number of nitrogens with one attached hydrogen (secondary N) is 1. The van der Waals surface area contributed by atoms with Crippen LogP contribution < -0.4 is 15.2 Å². The Morgan fingerprint density at radius 3 is 2.42 bits per heavy atom. The van der Waals surface area contributed by atoms with Crippen LogP contribution in [0.5, 0.6) is 11.5 Å². The zero-order valence-corrected chi connectivity index (χ0v) is 11.7. The summed E-state index contributed by atoms with van der Waals surface area (Å²) in [5.41, 5.74) is 7.94. The lowest BCUT2D eigenvalue weighted by molar-refractivity contribution is 0.288. The molecule has 0 aliphatic heterocycles. The first-order valence-corrected chi connectivity index (χ1v) is 6.89. The van der Waals surface area contributed by atoms with E-state index in [4.69, 9.17) is 15.2 Å². The van der Waals surface area contributed by atoms with Gasteiger partial charge in [-0.3, -0.25) is 0 Å². The number of hydrogen-bond donors (Lipinski definition) is 2. The predicted octanol–water partition coefficient (Wildman–Crippen LogP) is 2.86. The lowest BCUT2D eigenvalue weighted by Crippen LogP contribution is -2.00. The summed E-state index contributed by atoms with van der Waals surface area (Å²) in [5.74, 6) is 1.61. The molecule has 0 saturated heterocycles. The van der Waals surface area contributed by atoms with E-state index >= 15 is 0 Å². The number of nitrogens with two attached hydrogens (primary N) is 1. The summed E-state index contributed by atoms with van der Waals surface area (Å²) in [5, 5.41) is 1.19. The van der Waals surface area contributed by atoms with Gasteiger partial charge in [-0.1, -0.05) is 0 Å². The molecule has 19 heavy (non-hydrogen) atoms. The van der Waals surface area contributed by atoms with Crippen LogP contribution in [0.2, 0.25) is 0 Å². The smallest absolute Gasteiger partial charge is 0.163 e. The average molecular weight is 262 g/mol. The minimum atomic E-state index is 0.631. The third-order valence-electron chi connectivity index (χ3n) is 3.08. The Balaban J connectivity index is 2.40. The first-order valence-electron chi connectivity index (χ1n) is 6.89. The number of rotatable bonds is 7. The van der Waals surface area contributed by atoms with Crippen molar-refractivity contribution in [3.63, 3.8) is 0 Å². The van der Waals surface area contributed by atoms with Gasteiger partial charge in [0, 0.05) is 23.2 Å². The molecular formula is C15H22N2O2. The van der Waals surface area contributed by atoms with Crippen molar-refractivity contribution in [1.29, 1.82) is 0 Å². The molecule has 0 bridgehead atoms. The Hall–Kier alpha value is -1.68. The van der Waals surface area contributed by atoms with Crippen molar-refractivity contribution >= 4 is 10.9 Å². The van der Waals surface area contributed by atoms with Crippen molar-refractivity contribution in [2.45, 2.75) is 26.7 Å². The highest BCUT2D eigenvalue weighted by atomic mass is 16.5. The highest BCUT2D eigenvalue weighted by molar-refractivity contribution is 5.86. The quantitative estimate of drug-likeness (QED) is 0.806. The van der Waals surface area contributed by atoms with Crippen LogP contribution in [-0.2, 0) is 6.42 Å². The van der Waals surface area contributed by atoms with Gasteiger partial charge in [0.2, 0.25) is 0 Å². The molecule has 0 saturated carbocycles. The average Bonchev–Trinajstić information content (AvgIpc) is 2.79. The third kappa shape index (κ3) is 3.01. The SMILES string of the molecule is CCOc1cc2[nH]cc(CCCN)c2cc1OCC. The number of hydrogen-bond acceptors (Lipinski definition) is 3. The fraction of sp³-hybridized carbons (Fsp3) is 0.467. The standard InChI is InChI=1S/C15H22N2O2/c1-3-18-14-8-12-11(6-5-7-16)10-17-13(12)9-15(14)19-4-2/h8-10,17H,3-7,16H2,1-2H3. The van der Waals surface area contributed by atoms with Gasteiger partial charge in [0.05, 0.1) is 13.2 Å². The van der Waals surface area contributed by atoms with Crippen LogP contribution in [0.1, 0.15) is 25.8 Å². The molecule has 2 aromatic rings. The van der Waals surface area contributed by atoms with Crippen molar-refractivity contribution in [3.05, 3.63) is 23.9 Å². The first-order chi connectivity index (χ1) is 9.30. The van der Waals surface area contributed by atoms with E-state index in [2.05, 4.69) is 11.1 Å². The van der Waals surface area contributed by atoms with Gasteiger partial charge in [-0.15, -0.1) is 0 Å². The molecule has 0 atom stereocenters. The van der Waals surface area contributed by atoms with E-state index in [1.165, 1.54) is 10.9 Å². The molecule has 0 aliphatic carbocycles. The number of benzene rings is 1. The Morgan fingerprint density at radius 2 is 1.79 bits per heavy atom. The molecule has 3 N–H and O–H groups in total. The number of aryl methyl sites for hydroxylation is 1. The third-order valence-corrected chi connectivity index (χ3v) is 3.08. The van der Waals surface area contributed by atoms with E-state index in [0.717, 1.165) is 29.9 Å². The molecule has 0 spiro atoms. The largest absolute Gasteiger partial charge is 0.490 e. The van der Waals surface area contributed by atoms with Crippen LogP contribution in [0.4, 0.5) is 0 Å². The van der Waals surface area contributed by atoms with E-state index in [1.54, 1.807) is 0 Å². The predicted molar refractivity (Wildman–Crippen MR) is 78.0 cm³/mol. The van der Waals surface area contributed by atoms with Gasteiger partial charge in [-0.2, -0.15) is 0 Å². The monoisotopic (exact) mass is 262 g/mol. The highest BCUT2D eigenvalue weighted by Gasteiger charge is 2.11. The summed E-state index contributed by atoms with van der Waals surface area (Å²) in [6, 6.07) is 4.07. The molecule has 0 aliphatic rings. The van der Waals surface area contributed by atoms with Gasteiger partial charge >= 0.3 is 0 Å². The van der Waals surface area contributed by atoms with Crippen molar-refractivity contribution in [3.8, 4) is 11.5 Å². The van der Waals surface area contributed by atoms with Crippen LogP contribution in [0.25, 0.3) is 10.9 Å². The fourth-order valence-electron chi connectivity index (χ4n) is 2.22. The number of fused-ring (bicyclic) bond motifs is 1.